The first kappa shape index (κ1) is 12.5. The SMILES string of the molecule is Cc1ccc(C#N)cc1NCC(=O)NCC#N. The standard InChI is InChI=1S/C12H12N4O/c1-9-2-3-10(7-14)6-11(9)16-8-12(17)15-5-4-13/h2-3,6,16H,5,8H2,1H3,(H,15,17). The maximum absolute atomic E-state index is 11.3. The molecule has 17 heavy (non-hydrogen) atoms. The van der Waals surface area contributed by atoms with E-state index in [1.54, 1.807) is 12.1 Å². The Kier molecular flexibility index (Phi) is 4.53. The van der Waals surface area contributed by atoms with Crippen LogP contribution in [-0.4, -0.2) is 19.0 Å². The first-order valence-electron chi connectivity index (χ1n) is 5.05. The second-order valence-corrected chi connectivity index (χ2v) is 3.43. The fourth-order valence-electron chi connectivity index (χ4n) is 1.26. The van der Waals surface area contributed by atoms with Crippen LogP contribution in [0.2, 0.25) is 0 Å². The number of nitriles is 2. The molecule has 5 heteroatoms. The van der Waals surface area contributed by atoms with Crippen LogP contribution in [0.15, 0.2) is 18.2 Å². The Morgan fingerprint density at radius 3 is 2.82 bits per heavy atom. The zero-order chi connectivity index (χ0) is 12.7. The topological polar surface area (TPSA) is 88.7 Å². The van der Waals surface area contributed by atoms with Gasteiger partial charge in [0.15, 0.2) is 0 Å². The fourth-order valence-corrected chi connectivity index (χ4v) is 1.26. The molecule has 0 atom stereocenters. The highest BCUT2D eigenvalue weighted by atomic mass is 16.1. The van der Waals surface area contributed by atoms with E-state index >= 15 is 0 Å². The summed E-state index contributed by atoms with van der Waals surface area (Å²) in [7, 11) is 0. The van der Waals surface area contributed by atoms with E-state index in [0.29, 0.717) is 5.56 Å². The van der Waals surface area contributed by atoms with Gasteiger partial charge in [-0.05, 0) is 24.6 Å². The molecule has 0 bridgehead atoms. The second-order valence-electron chi connectivity index (χ2n) is 3.43. The average Bonchev–Trinajstić information content (AvgIpc) is 2.35. The van der Waals surface area contributed by atoms with Gasteiger partial charge in [-0.25, -0.2) is 0 Å². The lowest BCUT2D eigenvalue weighted by atomic mass is 10.1. The lowest BCUT2D eigenvalue weighted by molar-refractivity contribution is -0.119. The molecule has 0 radical (unpaired) electrons. The average molecular weight is 228 g/mol. The Morgan fingerprint density at radius 1 is 1.41 bits per heavy atom. The van der Waals surface area contributed by atoms with E-state index in [9.17, 15) is 4.79 Å². The lowest BCUT2D eigenvalue weighted by Crippen LogP contribution is -2.30. The van der Waals surface area contributed by atoms with Gasteiger partial charge in [0, 0.05) is 5.69 Å². The number of aryl methyl sites for hydroxylation is 1. The predicted molar refractivity (Wildman–Crippen MR) is 63.0 cm³/mol. The first-order chi connectivity index (χ1) is 8.17. The maximum atomic E-state index is 11.3. The summed E-state index contributed by atoms with van der Waals surface area (Å²) in [5.74, 6) is -0.256. The van der Waals surface area contributed by atoms with E-state index in [4.69, 9.17) is 10.5 Å². The molecule has 0 heterocycles. The van der Waals surface area contributed by atoms with E-state index in [1.165, 1.54) is 0 Å². The van der Waals surface area contributed by atoms with Gasteiger partial charge in [-0.3, -0.25) is 4.79 Å². The summed E-state index contributed by atoms with van der Waals surface area (Å²) in [5.41, 5.74) is 2.24. The second kappa shape index (κ2) is 6.14. The first-order valence-corrected chi connectivity index (χ1v) is 5.05. The smallest absolute Gasteiger partial charge is 0.240 e. The van der Waals surface area contributed by atoms with Crippen molar-refractivity contribution in [1.82, 2.24) is 5.32 Å². The van der Waals surface area contributed by atoms with Gasteiger partial charge in [-0.2, -0.15) is 10.5 Å². The molecular formula is C12H12N4O. The van der Waals surface area contributed by atoms with Gasteiger partial charge in [0.05, 0.1) is 24.2 Å². The van der Waals surface area contributed by atoms with Crippen LogP contribution in [-0.2, 0) is 4.79 Å². The number of nitrogens with zero attached hydrogens (tertiary/aromatic N) is 2. The number of benzene rings is 1. The monoisotopic (exact) mass is 228 g/mol. The summed E-state index contributed by atoms with van der Waals surface area (Å²) < 4.78 is 0. The highest BCUT2D eigenvalue weighted by molar-refractivity contribution is 5.81. The van der Waals surface area contributed by atoms with Crippen LogP contribution < -0.4 is 10.6 Å². The largest absolute Gasteiger partial charge is 0.376 e. The van der Waals surface area contributed by atoms with Crippen molar-refractivity contribution in [3.8, 4) is 12.1 Å². The van der Waals surface area contributed by atoms with Gasteiger partial charge < -0.3 is 10.6 Å². The molecule has 0 unspecified atom stereocenters. The summed E-state index contributed by atoms with van der Waals surface area (Å²) in [6.45, 7) is 1.96. The van der Waals surface area contributed by atoms with Crippen molar-refractivity contribution in [3.63, 3.8) is 0 Å². The van der Waals surface area contributed by atoms with Crippen molar-refractivity contribution < 1.29 is 4.79 Å². The van der Waals surface area contributed by atoms with Gasteiger partial charge in [-0.15, -0.1) is 0 Å². The van der Waals surface area contributed by atoms with Crippen molar-refractivity contribution in [2.45, 2.75) is 6.92 Å². The Bertz CT molecular complexity index is 496. The molecule has 86 valence electrons. The molecule has 0 aliphatic rings. The van der Waals surface area contributed by atoms with E-state index in [-0.39, 0.29) is 19.0 Å². The summed E-state index contributed by atoms with van der Waals surface area (Å²) in [5, 5.41) is 22.4. The van der Waals surface area contributed by atoms with Crippen molar-refractivity contribution in [1.29, 1.82) is 10.5 Å². The molecule has 0 saturated heterocycles. The minimum atomic E-state index is -0.256. The number of carbonyl (C=O) groups excluding carboxylic acids is 1. The van der Waals surface area contributed by atoms with E-state index < -0.39 is 0 Å². The summed E-state index contributed by atoms with van der Waals surface area (Å²) in [6, 6.07) is 9.08. The molecule has 1 rings (SSSR count). The van der Waals surface area contributed by atoms with Gasteiger partial charge >= 0.3 is 0 Å². The lowest BCUT2D eigenvalue weighted by Gasteiger charge is -2.09. The van der Waals surface area contributed by atoms with Crippen LogP contribution in [0.3, 0.4) is 0 Å². The van der Waals surface area contributed by atoms with E-state index in [1.807, 2.05) is 25.1 Å². The predicted octanol–water partition coefficient (Wildman–Crippen LogP) is 0.918. The van der Waals surface area contributed by atoms with Gasteiger partial charge in [-0.1, -0.05) is 6.07 Å². The number of rotatable bonds is 4. The Balaban J connectivity index is 2.60. The Morgan fingerprint density at radius 2 is 2.18 bits per heavy atom. The number of nitrogens with one attached hydrogen (secondary N) is 2. The summed E-state index contributed by atoms with van der Waals surface area (Å²) >= 11 is 0. The van der Waals surface area contributed by atoms with Crippen LogP contribution in [0.5, 0.6) is 0 Å². The highest BCUT2D eigenvalue weighted by Crippen LogP contribution is 2.15. The maximum Gasteiger partial charge on any atom is 0.240 e. The number of anilines is 1. The minimum absolute atomic E-state index is 0.00225. The zero-order valence-electron chi connectivity index (χ0n) is 9.45. The molecular weight excluding hydrogens is 216 g/mol. The van der Waals surface area contributed by atoms with Gasteiger partial charge in [0.1, 0.15) is 6.54 Å². The van der Waals surface area contributed by atoms with Crippen LogP contribution in [0.4, 0.5) is 5.69 Å². The van der Waals surface area contributed by atoms with Crippen LogP contribution in [0, 0.1) is 29.6 Å². The van der Waals surface area contributed by atoms with Crippen LogP contribution in [0.25, 0.3) is 0 Å². The molecule has 0 saturated carbocycles. The molecule has 1 aromatic carbocycles. The Labute approximate surface area is 99.7 Å². The fraction of sp³-hybridized carbons (Fsp3) is 0.250. The zero-order valence-corrected chi connectivity index (χ0v) is 9.45. The third kappa shape index (κ3) is 3.84. The van der Waals surface area contributed by atoms with Gasteiger partial charge in [0.25, 0.3) is 0 Å². The number of carbonyl (C=O) groups is 1. The molecule has 1 amide bonds. The summed E-state index contributed by atoms with van der Waals surface area (Å²) in [4.78, 5) is 11.3. The van der Waals surface area contributed by atoms with Crippen molar-refractivity contribution in [3.05, 3.63) is 29.3 Å². The number of amides is 1. The molecule has 0 spiro atoms. The van der Waals surface area contributed by atoms with E-state index in [0.717, 1.165) is 11.3 Å². The van der Waals surface area contributed by atoms with E-state index in [2.05, 4.69) is 10.6 Å². The third-order valence-corrected chi connectivity index (χ3v) is 2.17. The molecule has 0 aromatic heterocycles. The van der Waals surface area contributed by atoms with Crippen molar-refractivity contribution in [2.75, 3.05) is 18.4 Å². The normalized spacial score (nSPS) is 8.88. The van der Waals surface area contributed by atoms with Crippen LogP contribution >= 0.6 is 0 Å². The number of hydrogen-bond acceptors (Lipinski definition) is 4. The molecule has 0 aliphatic heterocycles. The molecule has 0 fully saturated rings. The molecule has 2 N–H and O–H groups in total. The highest BCUT2D eigenvalue weighted by Gasteiger charge is 2.03. The molecule has 1 aromatic rings. The summed E-state index contributed by atoms with van der Waals surface area (Å²) in [6.07, 6.45) is 0. The van der Waals surface area contributed by atoms with Gasteiger partial charge in [0.2, 0.25) is 5.91 Å². The molecule has 5 nitrogen and oxygen atoms in total. The van der Waals surface area contributed by atoms with Crippen molar-refractivity contribution >= 4 is 11.6 Å². The number of hydrogen-bond donors (Lipinski definition) is 2. The third-order valence-electron chi connectivity index (χ3n) is 2.17. The molecule has 0 aliphatic carbocycles. The van der Waals surface area contributed by atoms with Crippen molar-refractivity contribution in [2.24, 2.45) is 0 Å². The quantitative estimate of drug-likeness (QED) is 0.750. The minimum Gasteiger partial charge on any atom is -0.376 e. The Hall–Kier alpha value is -2.53. The van der Waals surface area contributed by atoms with Crippen LogP contribution in [0.1, 0.15) is 11.1 Å².